The molecule has 0 saturated heterocycles. The molecular formula is C21H27N3O4. The predicted molar refractivity (Wildman–Crippen MR) is 105 cm³/mol. The van der Waals surface area contributed by atoms with Gasteiger partial charge in [-0.1, -0.05) is 19.1 Å². The molecule has 1 unspecified atom stereocenters. The van der Waals surface area contributed by atoms with Crippen molar-refractivity contribution in [2.24, 2.45) is 5.92 Å². The van der Waals surface area contributed by atoms with Crippen LogP contribution in [0.4, 0.5) is 10.5 Å². The van der Waals surface area contributed by atoms with Gasteiger partial charge >= 0.3 is 12.0 Å². The van der Waals surface area contributed by atoms with E-state index in [-0.39, 0.29) is 24.5 Å². The third-order valence-corrected chi connectivity index (χ3v) is 5.00. The Bertz CT molecular complexity index is 796. The lowest BCUT2D eigenvalue weighted by Gasteiger charge is -2.35. The zero-order valence-electron chi connectivity index (χ0n) is 16.6. The molecule has 7 nitrogen and oxygen atoms in total. The molecule has 2 N–H and O–H groups in total. The number of nitrogens with one attached hydrogen (secondary N) is 2. The zero-order valence-corrected chi connectivity index (χ0v) is 16.6. The summed E-state index contributed by atoms with van der Waals surface area (Å²) in [5.41, 5.74) is 2.51. The van der Waals surface area contributed by atoms with Crippen LogP contribution in [0.2, 0.25) is 0 Å². The number of anilines is 1. The van der Waals surface area contributed by atoms with Crippen molar-refractivity contribution >= 4 is 23.6 Å². The maximum atomic E-state index is 12.6. The maximum absolute atomic E-state index is 12.6. The summed E-state index contributed by atoms with van der Waals surface area (Å²) in [6.45, 7) is 6.30. The second kappa shape index (κ2) is 8.46. The number of rotatable bonds is 7. The number of carbonyl (C=O) groups is 3. The largest absolute Gasteiger partial charge is 0.463 e. The number of allylic oxidation sites excluding steroid dienone is 1. The van der Waals surface area contributed by atoms with Gasteiger partial charge in [0.25, 0.3) is 0 Å². The molecule has 1 aromatic rings. The van der Waals surface area contributed by atoms with Gasteiger partial charge in [-0.15, -0.1) is 0 Å². The molecule has 1 saturated carbocycles. The predicted octanol–water partition coefficient (Wildman–Crippen LogP) is 3.35. The number of ether oxygens (including phenoxy) is 1. The molecule has 1 aliphatic carbocycles. The summed E-state index contributed by atoms with van der Waals surface area (Å²) in [5, 5.41) is 5.81. The van der Waals surface area contributed by atoms with E-state index in [1.54, 1.807) is 30.9 Å². The molecule has 1 fully saturated rings. The molecule has 0 spiro atoms. The van der Waals surface area contributed by atoms with Gasteiger partial charge in [0.05, 0.1) is 18.2 Å². The Hall–Kier alpha value is -2.83. The summed E-state index contributed by atoms with van der Waals surface area (Å²) < 4.78 is 5.24. The van der Waals surface area contributed by atoms with Crippen LogP contribution in [-0.2, 0) is 14.3 Å². The SMILES string of the molecule is CCCN1C(=O)NC(c2ccc(NC(=O)C3CC3)cc2)C(C(=O)OCC)=C1C. The van der Waals surface area contributed by atoms with Crippen molar-refractivity contribution in [3.05, 3.63) is 41.1 Å². The number of benzene rings is 1. The number of hydrogen-bond acceptors (Lipinski definition) is 4. The van der Waals surface area contributed by atoms with Gasteiger partial charge in [-0.25, -0.2) is 9.59 Å². The van der Waals surface area contributed by atoms with Crippen molar-refractivity contribution in [3.8, 4) is 0 Å². The highest BCUT2D eigenvalue weighted by atomic mass is 16.5. The van der Waals surface area contributed by atoms with Crippen molar-refractivity contribution in [1.82, 2.24) is 10.2 Å². The number of hydrogen-bond donors (Lipinski definition) is 2. The van der Waals surface area contributed by atoms with Crippen molar-refractivity contribution < 1.29 is 19.1 Å². The Morgan fingerprint density at radius 1 is 1.21 bits per heavy atom. The average molecular weight is 385 g/mol. The molecule has 0 bridgehead atoms. The van der Waals surface area contributed by atoms with Crippen LogP contribution in [0.5, 0.6) is 0 Å². The van der Waals surface area contributed by atoms with E-state index in [0.717, 1.165) is 24.8 Å². The Balaban J connectivity index is 1.88. The van der Waals surface area contributed by atoms with Gasteiger partial charge in [-0.2, -0.15) is 0 Å². The first-order valence-corrected chi connectivity index (χ1v) is 9.83. The smallest absolute Gasteiger partial charge is 0.338 e. The summed E-state index contributed by atoms with van der Waals surface area (Å²) >= 11 is 0. The molecule has 150 valence electrons. The number of urea groups is 1. The standard InChI is InChI=1S/C21H27N3O4/c1-4-12-24-13(3)17(20(26)28-5-2)18(23-21(24)27)14-8-10-16(11-9-14)22-19(25)15-6-7-15/h8-11,15,18H,4-7,12H2,1-3H3,(H,22,25)(H,23,27). The van der Waals surface area contributed by atoms with Gasteiger partial charge in [0.2, 0.25) is 5.91 Å². The van der Waals surface area contributed by atoms with E-state index >= 15 is 0 Å². The van der Waals surface area contributed by atoms with E-state index in [4.69, 9.17) is 4.74 Å². The van der Waals surface area contributed by atoms with Crippen molar-refractivity contribution in [1.29, 1.82) is 0 Å². The zero-order chi connectivity index (χ0) is 20.3. The van der Waals surface area contributed by atoms with Crippen molar-refractivity contribution in [3.63, 3.8) is 0 Å². The molecular weight excluding hydrogens is 358 g/mol. The highest BCUT2D eigenvalue weighted by Gasteiger charge is 2.36. The molecule has 1 aromatic carbocycles. The van der Waals surface area contributed by atoms with Gasteiger partial charge in [0, 0.05) is 23.8 Å². The average Bonchev–Trinajstić information content (AvgIpc) is 3.51. The molecule has 3 rings (SSSR count). The molecule has 28 heavy (non-hydrogen) atoms. The van der Waals surface area contributed by atoms with E-state index in [1.165, 1.54) is 0 Å². The van der Waals surface area contributed by atoms with Crippen LogP contribution < -0.4 is 10.6 Å². The number of carbonyl (C=O) groups excluding carboxylic acids is 3. The maximum Gasteiger partial charge on any atom is 0.338 e. The van der Waals surface area contributed by atoms with E-state index in [2.05, 4.69) is 10.6 Å². The number of amides is 3. The van der Waals surface area contributed by atoms with E-state index in [0.29, 0.717) is 23.5 Å². The highest BCUT2D eigenvalue weighted by Crippen LogP contribution is 2.33. The van der Waals surface area contributed by atoms with E-state index in [9.17, 15) is 14.4 Å². The van der Waals surface area contributed by atoms with Gasteiger partial charge in [0.1, 0.15) is 0 Å². The Morgan fingerprint density at radius 2 is 1.89 bits per heavy atom. The fourth-order valence-corrected chi connectivity index (χ4v) is 3.35. The second-order valence-corrected chi connectivity index (χ2v) is 7.14. The van der Waals surface area contributed by atoms with Crippen LogP contribution >= 0.6 is 0 Å². The normalized spacial score (nSPS) is 19.3. The summed E-state index contributed by atoms with van der Waals surface area (Å²) in [5.74, 6) is -0.267. The molecule has 1 atom stereocenters. The highest BCUT2D eigenvalue weighted by molar-refractivity contribution is 5.95. The van der Waals surface area contributed by atoms with E-state index < -0.39 is 12.0 Å². The van der Waals surface area contributed by atoms with Crippen molar-refractivity contribution in [2.45, 2.75) is 46.1 Å². The minimum Gasteiger partial charge on any atom is -0.463 e. The van der Waals surface area contributed by atoms with Crippen LogP contribution in [0, 0.1) is 5.92 Å². The third kappa shape index (κ3) is 4.18. The van der Waals surface area contributed by atoms with E-state index in [1.807, 2.05) is 19.1 Å². The lowest BCUT2D eigenvalue weighted by molar-refractivity contribution is -0.139. The Labute approximate surface area is 165 Å². The Morgan fingerprint density at radius 3 is 2.46 bits per heavy atom. The summed E-state index contributed by atoms with van der Waals surface area (Å²) in [4.78, 5) is 38.7. The van der Waals surface area contributed by atoms with Gasteiger partial charge in [-0.05, 0) is 50.8 Å². The first-order chi connectivity index (χ1) is 13.5. The summed E-state index contributed by atoms with van der Waals surface area (Å²) in [6, 6.07) is 6.39. The van der Waals surface area contributed by atoms with Gasteiger partial charge < -0.3 is 15.4 Å². The number of esters is 1. The molecule has 7 heteroatoms. The summed E-state index contributed by atoms with van der Waals surface area (Å²) in [6.07, 6.45) is 2.67. The first-order valence-electron chi connectivity index (χ1n) is 9.83. The van der Waals surface area contributed by atoms with Crippen LogP contribution in [0.25, 0.3) is 0 Å². The molecule has 2 aliphatic rings. The number of nitrogens with zero attached hydrogens (tertiary/aromatic N) is 1. The lowest BCUT2D eigenvalue weighted by Crippen LogP contribution is -2.48. The topological polar surface area (TPSA) is 87.7 Å². The minimum absolute atomic E-state index is 0.0388. The third-order valence-electron chi connectivity index (χ3n) is 5.00. The summed E-state index contributed by atoms with van der Waals surface area (Å²) in [7, 11) is 0. The molecule has 1 aliphatic heterocycles. The minimum atomic E-state index is -0.590. The fraction of sp³-hybridized carbons (Fsp3) is 0.476. The lowest BCUT2D eigenvalue weighted by atomic mass is 9.94. The van der Waals surface area contributed by atoms with Gasteiger partial charge in [-0.3, -0.25) is 9.69 Å². The van der Waals surface area contributed by atoms with Crippen LogP contribution in [0.15, 0.2) is 35.5 Å². The second-order valence-electron chi connectivity index (χ2n) is 7.14. The van der Waals surface area contributed by atoms with Gasteiger partial charge in [0.15, 0.2) is 0 Å². The van der Waals surface area contributed by atoms with Crippen LogP contribution in [0.3, 0.4) is 0 Å². The molecule has 1 heterocycles. The first kappa shape index (κ1) is 19.9. The fourth-order valence-electron chi connectivity index (χ4n) is 3.35. The molecule has 3 amide bonds. The van der Waals surface area contributed by atoms with Crippen molar-refractivity contribution in [2.75, 3.05) is 18.5 Å². The molecule has 0 radical (unpaired) electrons. The monoisotopic (exact) mass is 385 g/mol. The Kier molecular flexibility index (Phi) is 6.02. The quantitative estimate of drug-likeness (QED) is 0.705. The van der Waals surface area contributed by atoms with Crippen LogP contribution in [0.1, 0.15) is 51.6 Å². The van der Waals surface area contributed by atoms with Crippen LogP contribution in [-0.4, -0.2) is 36.0 Å². The molecule has 0 aromatic heterocycles.